The highest BCUT2D eigenvalue weighted by Gasteiger charge is 2.11. The first kappa shape index (κ1) is 14.4. The molecule has 0 atom stereocenters. The predicted octanol–water partition coefficient (Wildman–Crippen LogP) is 0.674. The Kier molecular flexibility index (Phi) is 4.77. The van der Waals surface area contributed by atoms with Crippen LogP contribution < -0.4 is 5.32 Å². The molecule has 100 valence electrons. The van der Waals surface area contributed by atoms with Gasteiger partial charge in [-0.15, -0.1) is 0 Å². The SMILES string of the molecule is CC(=O)NCCC#Cc1c(O)cc(C(=O)O)cc1O. The molecule has 0 bridgehead atoms. The number of aromatic hydroxyl groups is 2. The maximum Gasteiger partial charge on any atom is 0.335 e. The van der Waals surface area contributed by atoms with Gasteiger partial charge in [0.25, 0.3) is 0 Å². The van der Waals surface area contributed by atoms with Gasteiger partial charge in [-0.2, -0.15) is 0 Å². The Morgan fingerprint density at radius 3 is 2.32 bits per heavy atom. The summed E-state index contributed by atoms with van der Waals surface area (Å²) in [4.78, 5) is 21.3. The monoisotopic (exact) mass is 263 g/mol. The number of rotatable bonds is 3. The lowest BCUT2D eigenvalue weighted by atomic mass is 10.1. The molecule has 19 heavy (non-hydrogen) atoms. The number of carbonyl (C=O) groups is 2. The van der Waals surface area contributed by atoms with Gasteiger partial charge in [-0.3, -0.25) is 4.79 Å². The van der Waals surface area contributed by atoms with Crippen molar-refractivity contribution in [3.63, 3.8) is 0 Å². The summed E-state index contributed by atoms with van der Waals surface area (Å²) in [6, 6.07) is 2.03. The van der Waals surface area contributed by atoms with Crippen LogP contribution in [0.4, 0.5) is 0 Å². The summed E-state index contributed by atoms with van der Waals surface area (Å²) in [5.41, 5.74) is -0.258. The Morgan fingerprint density at radius 2 is 1.84 bits per heavy atom. The van der Waals surface area contributed by atoms with Gasteiger partial charge in [0.05, 0.1) is 5.56 Å². The lowest BCUT2D eigenvalue weighted by Crippen LogP contribution is -2.20. The van der Waals surface area contributed by atoms with Gasteiger partial charge in [0, 0.05) is 19.9 Å². The number of carboxylic acids is 1. The zero-order valence-electron chi connectivity index (χ0n) is 10.2. The number of nitrogens with one attached hydrogen (secondary N) is 1. The Morgan fingerprint density at radius 1 is 1.26 bits per heavy atom. The quantitative estimate of drug-likeness (QED) is 0.473. The van der Waals surface area contributed by atoms with Gasteiger partial charge in [-0.1, -0.05) is 11.8 Å². The topological polar surface area (TPSA) is 107 Å². The van der Waals surface area contributed by atoms with Gasteiger partial charge in [0.2, 0.25) is 5.91 Å². The van der Waals surface area contributed by atoms with Crippen molar-refractivity contribution < 1.29 is 24.9 Å². The van der Waals surface area contributed by atoms with Crippen LogP contribution in [-0.2, 0) is 4.79 Å². The van der Waals surface area contributed by atoms with Crippen LogP contribution in [0.25, 0.3) is 0 Å². The largest absolute Gasteiger partial charge is 0.506 e. The fourth-order valence-corrected chi connectivity index (χ4v) is 1.32. The lowest BCUT2D eigenvalue weighted by Gasteiger charge is -2.02. The highest BCUT2D eigenvalue weighted by molar-refractivity contribution is 5.89. The van der Waals surface area contributed by atoms with E-state index in [9.17, 15) is 19.8 Å². The van der Waals surface area contributed by atoms with Crippen LogP contribution >= 0.6 is 0 Å². The molecule has 0 unspecified atom stereocenters. The van der Waals surface area contributed by atoms with Gasteiger partial charge >= 0.3 is 5.97 Å². The molecule has 0 fully saturated rings. The average molecular weight is 263 g/mol. The molecule has 1 amide bonds. The van der Waals surface area contributed by atoms with E-state index in [2.05, 4.69) is 17.2 Å². The van der Waals surface area contributed by atoms with Crippen molar-refractivity contribution in [1.82, 2.24) is 5.32 Å². The molecular formula is C13H13NO5. The molecule has 0 saturated carbocycles. The van der Waals surface area contributed by atoms with E-state index < -0.39 is 17.5 Å². The number of aromatic carboxylic acids is 1. The van der Waals surface area contributed by atoms with E-state index in [1.165, 1.54) is 6.92 Å². The highest BCUT2D eigenvalue weighted by Crippen LogP contribution is 2.27. The fraction of sp³-hybridized carbons (Fsp3) is 0.231. The summed E-state index contributed by atoms with van der Waals surface area (Å²) < 4.78 is 0. The first-order valence-electron chi connectivity index (χ1n) is 5.44. The van der Waals surface area contributed by atoms with Crippen LogP contribution in [-0.4, -0.2) is 33.7 Å². The minimum Gasteiger partial charge on any atom is -0.506 e. The van der Waals surface area contributed by atoms with E-state index in [0.717, 1.165) is 12.1 Å². The predicted molar refractivity (Wildman–Crippen MR) is 66.9 cm³/mol. The van der Waals surface area contributed by atoms with Crippen LogP contribution in [0.2, 0.25) is 0 Å². The van der Waals surface area contributed by atoms with E-state index in [-0.39, 0.29) is 17.0 Å². The summed E-state index contributed by atoms with van der Waals surface area (Å²) in [7, 11) is 0. The molecule has 1 aromatic carbocycles. The van der Waals surface area contributed by atoms with Crippen molar-refractivity contribution in [3.05, 3.63) is 23.3 Å². The second kappa shape index (κ2) is 6.31. The number of amides is 1. The zero-order valence-corrected chi connectivity index (χ0v) is 10.2. The number of phenolic OH excluding ortho intramolecular Hbond substituents is 2. The van der Waals surface area contributed by atoms with Crippen molar-refractivity contribution in [2.45, 2.75) is 13.3 Å². The Bertz CT molecular complexity index is 545. The fourth-order valence-electron chi connectivity index (χ4n) is 1.32. The molecule has 0 aromatic heterocycles. The normalized spacial score (nSPS) is 9.32. The minimum atomic E-state index is -1.25. The average Bonchev–Trinajstić information content (AvgIpc) is 2.30. The summed E-state index contributed by atoms with van der Waals surface area (Å²) >= 11 is 0. The molecular weight excluding hydrogens is 250 g/mol. The Hall–Kier alpha value is -2.68. The molecule has 0 spiro atoms. The standard InChI is InChI=1S/C13H13NO5/c1-8(15)14-5-3-2-4-10-11(16)6-9(13(18)19)7-12(10)17/h6-7,16-17H,3,5H2,1H3,(H,14,15)(H,18,19). The van der Waals surface area contributed by atoms with Gasteiger partial charge < -0.3 is 20.6 Å². The second-order valence-electron chi connectivity index (χ2n) is 3.73. The van der Waals surface area contributed by atoms with Gasteiger partial charge in [-0.05, 0) is 12.1 Å². The number of phenols is 2. The number of hydrogen-bond acceptors (Lipinski definition) is 4. The number of carbonyl (C=O) groups excluding carboxylic acids is 1. The molecule has 0 radical (unpaired) electrons. The first-order chi connectivity index (χ1) is 8.91. The van der Waals surface area contributed by atoms with Crippen molar-refractivity contribution in [1.29, 1.82) is 0 Å². The van der Waals surface area contributed by atoms with E-state index in [1.54, 1.807) is 0 Å². The summed E-state index contributed by atoms with van der Waals surface area (Å²) in [5.74, 6) is 2.96. The maximum absolute atomic E-state index is 10.7. The molecule has 0 saturated heterocycles. The van der Waals surface area contributed by atoms with Crippen molar-refractivity contribution in [2.24, 2.45) is 0 Å². The van der Waals surface area contributed by atoms with Crippen LogP contribution in [0.15, 0.2) is 12.1 Å². The number of hydrogen-bond donors (Lipinski definition) is 4. The molecule has 1 aromatic rings. The van der Waals surface area contributed by atoms with Gasteiger partial charge in [0.1, 0.15) is 17.1 Å². The molecule has 6 heteroatoms. The molecule has 6 nitrogen and oxygen atoms in total. The molecule has 0 aliphatic carbocycles. The minimum absolute atomic E-state index is 0.0344. The third-order valence-corrected chi connectivity index (χ3v) is 2.18. The van der Waals surface area contributed by atoms with Crippen LogP contribution in [0, 0.1) is 11.8 Å². The van der Waals surface area contributed by atoms with Gasteiger partial charge in [-0.25, -0.2) is 4.79 Å². The van der Waals surface area contributed by atoms with Gasteiger partial charge in [0.15, 0.2) is 0 Å². The molecule has 0 aliphatic heterocycles. The van der Waals surface area contributed by atoms with Crippen LogP contribution in [0.5, 0.6) is 11.5 Å². The second-order valence-corrected chi connectivity index (χ2v) is 3.73. The number of benzene rings is 1. The molecule has 0 aliphatic rings. The lowest BCUT2D eigenvalue weighted by molar-refractivity contribution is -0.118. The molecule has 0 heterocycles. The summed E-state index contributed by atoms with van der Waals surface area (Å²) in [6.45, 7) is 1.74. The van der Waals surface area contributed by atoms with E-state index in [1.807, 2.05) is 0 Å². The Balaban J connectivity index is 2.82. The third-order valence-electron chi connectivity index (χ3n) is 2.18. The van der Waals surface area contributed by atoms with Crippen LogP contribution in [0.3, 0.4) is 0 Å². The maximum atomic E-state index is 10.7. The smallest absolute Gasteiger partial charge is 0.335 e. The van der Waals surface area contributed by atoms with E-state index in [4.69, 9.17) is 5.11 Å². The van der Waals surface area contributed by atoms with Crippen LogP contribution in [0.1, 0.15) is 29.3 Å². The summed E-state index contributed by atoms with van der Waals surface area (Å²) in [5, 5.41) is 30.4. The number of carboxylic acid groups (broad SMARTS) is 1. The van der Waals surface area contributed by atoms with Crippen molar-refractivity contribution in [3.8, 4) is 23.3 Å². The first-order valence-corrected chi connectivity index (χ1v) is 5.44. The van der Waals surface area contributed by atoms with Crippen molar-refractivity contribution >= 4 is 11.9 Å². The zero-order chi connectivity index (χ0) is 14.4. The van der Waals surface area contributed by atoms with Crippen molar-refractivity contribution in [2.75, 3.05) is 6.54 Å². The summed E-state index contributed by atoms with van der Waals surface area (Å²) in [6.07, 6.45) is 0.346. The van der Waals surface area contributed by atoms with E-state index >= 15 is 0 Å². The Labute approximate surface area is 109 Å². The van der Waals surface area contributed by atoms with E-state index in [0.29, 0.717) is 13.0 Å². The molecule has 4 N–H and O–H groups in total. The highest BCUT2D eigenvalue weighted by atomic mass is 16.4. The molecule has 1 rings (SSSR count). The third kappa shape index (κ3) is 4.24.